The summed E-state index contributed by atoms with van der Waals surface area (Å²) >= 11 is 0. The smallest absolute Gasteiger partial charge is 0.253 e. The van der Waals surface area contributed by atoms with Gasteiger partial charge in [-0.25, -0.2) is 0 Å². The van der Waals surface area contributed by atoms with Gasteiger partial charge in [0, 0.05) is 54.4 Å². The first-order valence-electron chi connectivity index (χ1n) is 11.2. The normalized spacial score (nSPS) is 18.1. The number of nitrogens with zero attached hydrogens (tertiary/aromatic N) is 2. The Bertz CT molecular complexity index is 1130. The average molecular weight is 416 g/mol. The monoisotopic (exact) mass is 415 g/mol. The van der Waals surface area contributed by atoms with Crippen molar-refractivity contribution in [1.82, 2.24) is 14.8 Å². The number of benzene rings is 2. The summed E-state index contributed by atoms with van der Waals surface area (Å²) in [6, 6.07) is 14.3. The van der Waals surface area contributed by atoms with E-state index in [1.165, 1.54) is 10.8 Å². The molecule has 5 rings (SSSR count). The maximum absolute atomic E-state index is 13.0. The van der Waals surface area contributed by atoms with Crippen LogP contribution in [-0.2, 0) is 4.79 Å². The van der Waals surface area contributed by atoms with Crippen molar-refractivity contribution in [2.24, 2.45) is 5.41 Å². The molecule has 2 aromatic carbocycles. The van der Waals surface area contributed by atoms with E-state index in [0.717, 1.165) is 36.1 Å². The number of aromatic nitrogens is 1. The molecular weight excluding hydrogens is 386 g/mol. The van der Waals surface area contributed by atoms with Crippen LogP contribution in [0, 0.1) is 12.3 Å². The highest BCUT2D eigenvalue weighted by atomic mass is 16.2. The van der Waals surface area contributed by atoms with E-state index in [1.807, 2.05) is 40.3 Å². The van der Waals surface area contributed by atoms with Crippen LogP contribution >= 0.6 is 0 Å². The van der Waals surface area contributed by atoms with Crippen molar-refractivity contribution in [2.75, 3.05) is 26.2 Å². The Balaban J connectivity index is 1.25. The summed E-state index contributed by atoms with van der Waals surface area (Å²) in [6.07, 6.45) is 5.16. The molecule has 31 heavy (non-hydrogen) atoms. The second-order valence-electron chi connectivity index (χ2n) is 9.29. The first-order chi connectivity index (χ1) is 14.9. The third-order valence-corrected chi connectivity index (χ3v) is 7.19. The van der Waals surface area contributed by atoms with Gasteiger partial charge in [-0.05, 0) is 54.5 Å². The molecular formula is C26H29N3O2. The fourth-order valence-corrected chi connectivity index (χ4v) is 4.85. The van der Waals surface area contributed by atoms with Crippen molar-refractivity contribution >= 4 is 22.6 Å². The van der Waals surface area contributed by atoms with Crippen LogP contribution in [0.4, 0.5) is 0 Å². The number of hydrogen-bond donors (Lipinski definition) is 1. The molecule has 1 saturated carbocycles. The molecule has 3 aromatic rings. The summed E-state index contributed by atoms with van der Waals surface area (Å²) < 4.78 is 0. The molecule has 1 aliphatic carbocycles. The summed E-state index contributed by atoms with van der Waals surface area (Å²) in [5.74, 6) is 0.315. The fraction of sp³-hybridized carbons (Fsp3) is 0.385. The minimum absolute atomic E-state index is 0.0467. The van der Waals surface area contributed by atoms with Crippen LogP contribution in [0.3, 0.4) is 0 Å². The lowest BCUT2D eigenvalue weighted by atomic mass is 9.69. The number of fused-ring (bicyclic) bond motifs is 1. The predicted octanol–water partition coefficient (Wildman–Crippen LogP) is 4.62. The molecule has 2 fully saturated rings. The van der Waals surface area contributed by atoms with E-state index in [2.05, 4.69) is 37.0 Å². The zero-order chi connectivity index (χ0) is 21.6. The maximum atomic E-state index is 13.0. The van der Waals surface area contributed by atoms with Gasteiger partial charge in [-0.15, -0.1) is 0 Å². The largest absolute Gasteiger partial charge is 0.364 e. The van der Waals surface area contributed by atoms with Crippen molar-refractivity contribution in [3.8, 4) is 11.1 Å². The van der Waals surface area contributed by atoms with Crippen molar-refractivity contribution in [3.05, 3.63) is 59.9 Å². The van der Waals surface area contributed by atoms with Crippen LogP contribution < -0.4 is 0 Å². The quantitative estimate of drug-likeness (QED) is 0.679. The standard InChI is InChI=1S/C26H29N3O2/c1-18-23-16-21(8-9-22(23)17-27-18)19-4-6-20(7-5-19)24(30)28-12-14-29(15-13-28)25(31)26(2)10-3-11-26/h4-9,16-17,27H,3,10-15H2,1-2H3. The molecule has 2 amide bonds. The summed E-state index contributed by atoms with van der Waals surface area (Å²) in [5, 5.41) is 2.43. The summed E-state index contributed by atoms with van der Waals surface area (Å²) in [4.78, 5) is 32.8. The fourth-order valence-electron chi connectivity index (χ4n) is 4.85. The van der Waals surface area contributed by atoms with Crippen LogP contribution in [0.25, 0.3) is 21.9 Å². The molecule has 0 atom stereocenters. The molecule has 0 radical (unpaired) electrons. The van der Waals surface area contributed by atoms with E-state index in [4.69, 9.17) is 0 Å². The second-order valence-corrected chi connectivity index (χ2v) is 9.29. The third-order valence-electron chi connectivity index (χ3n) is 7.19. The van der Waals surface area contributed by atoms with Crippen LogP contribution in [0.2, 0.25) is 0 Å². The van der Waals surface area contributed by atoms with Gasteiger partial charge >= 0.3 is 0 Å². The molecule has 2 aliphatic rings. The Morgan fingerprint density at radius 3 is 2.19 bits per heavy atom. The van der Waals surface area contributed by atoms with Gasteiger partial charge < -0.3 is 14.8 Å². The van der Waals surface area contributed by atoms with Crippen LogP contribution in [0.15, 0.2) is 48.7 Å². The number of nitrogens with one attached hydrogen (secondary N) is 1. The number of hydrogen-bond acceptors (Lipinski definition) is 2. The number of piperazine rings is 1. The Kier molecular flexibility index (Phi) is 4.84. The van der Waals surface area contributed by atoms with E-state index in [-0.39, 0.29) is 17.2 Å². The number of rotatable bonds is 3. The number of aromatic amines is 1. The SMILES string of the molecule is Cc1[nH]cc2ccc(-c3ccc(C(=O)N4CCN(C(=O)C5(C)CCC5)CC4)cc3)cc12. The van der Waals surface area contributed by atoms with Crippen molar-refractivity contribution in [3.63, 3.8) is 0 Å². The van der Waals surface area contributed by atoms with Crippen LogP contribution in [0.5, 0.6) is 0 Å². The molecule has 0 unspecified atom stereocenters. The maximum Gasteiger partial charge on any atom is 0.253 e. The molecule has 5 nitrogen and oxygen atoms in total. The Labute approximate surface area is 183 Å². The van der Waals surface area contributed by atoms with E-state index in [9.17, 15) is 9.59 Å². The lowest BCUT2D eigenvalue weighted by molar-refractivity contribution is -0.147. The van der Waals surface area contributed by atoms with Gasteiger partial charge in [0.15, 0.2) is 0 Å². The Morgan fingerprint density at radius 2 is 1.55 bits per heavy atom. The zero-order valence-electron chi connectivity index (χ0n) is 18.3. The zero-order valence-corrected chi connectivity index (χ0v) is 18.3. The van der Waals surface area contributed by atoms with E-state index in [0.29, 0.717) is 31.7 Å². The Hall–Kier alpha value is -3.08. The van der Waals surface area contributed by atoms with E-state index < -0.39 is 0 Å². The number of carbonyl (C=O) groups is 2. The number of carbonyl (C=O) groups excluding carboxylic acids is 2. The predicted molar refractivity (Wildman–Crippen MR) is 123 cm³/mol. The number of amides is 2. The minimum Gasteiger partial charge on any atom is -0.364 e. The van der Waals surface area contributed by atoms with Gasteiger partial charge in [0.1, 0.15) is 0 Å². The molecule has 1 saturated heterocycles. The molecule has 0 spiro atoms. The van der Waals surface area contributed by atoms with Crippen molar-refractivity contribution in [2.45, 2.75) is 33.1 Å². The molecule has 160 valence electrons. The first-order valence-corrected chi connectivity index (χ1v) is 11.2. The summed E-state index contributed by atoms with van der Waals surface area (Å²) in [6.45, 7) is 6.63. The summed E-state index contributed by atoms with van der Waals surface area (Å²) in [7, 11) is 0. The highest BCUT2D eigenvalue weighted by Crippen LogP contribution is 2.42. The lowest BCUT2D eigenvalue weighted by Crippen LogP contribution is -2.55. The van der Waals surface area contributed by atoms with Gasteiger partial charge in [0.2, 0.25) is 5.91 Å². The third kappa shape index (κ3) is 3.52. The van der Waals surface area contributed by atoms with E-state index >= 15 is 0 Å². The molecule has 1 aromatic heterocycles. The highest BCUT2D eigenvalue weighted by Gasteiger charge is 2.42. The van der Waals surface area contributed by atoms with Gasteiger partial charge in [-0.2, -0.15) is 0 Å². The van der Waals surface area contributed by atoms with Gasteiger partial charge in [0.25, 0.3) is 5.91 Å². The average Bonchev–Trinajstić information content (AvgIpc) is 3.17. The lowest BCUT2D eigenvalue weighted by Gasteiger charge is -2.43. The molecule has 5 heteroatoms. The first kappa shape index (κ1) is 19.9. The van der Waals surface area contributed by atoms with Crippen LogP contribution in [0.1, 0.15) is 42.2 Å². The number of aryl methyl sites for hydroxylation is 1. The molecule has 0 bridgehead atoms. The van der Waals surface area contributed by atoms with Gasteiger partial charge in [-0.1, -0.05) is 37.6 Å². The van der Waals surface area contributed by atoms with Crippen molar-refractivity contribution in [1.29, 1.82) is 0 Å². The van der Waals surface area contributed by atoms with Gasteiger partial charge in [-0.3, -0.25) is 9.59 Å². The molecule has 1 aliphatic heterocycles. The topological polar surface area (TPSA) is 56.4 Å². The Morgan fingerprint density at radius 1 is 0.903 bits per heavy atom. The van der Waals surface area contributed by atoms with E-state index in [1.54, 1.807) is 0 Å². The van der Waals surface area contributed by atoms with Gasteiger partial charge in [0.05, 0.1) is 0 Å². The van der Waals surface area contributed by atoms with Crippen LogP contribution in [-0.4, -0.2) is 52.8 Å². The highest BCUT2D eigenvalue weighted by molar-refractivity contribution is 5.95. The second kappa shape index (κ2) is 7.56. The molecule has 2 heterocycles. The van der Waals surface area contributed by atoms with Crippen molar-refractivity contribution < 1.29 is 9.59 Å². The minimum atomic E-state index is -0.163. The number of H-pyrrole nitrogens is 1. The summed E-state index contributed by atoms with van der Waals surface area (Å²) in [5.41, 5.74) is 3.94. The molecule has 1 N–H and O–H groups in total.